The standard InChI is InChI=1S/C12H24N2O2/c1-4-13-12(2,11(15)16)9-14(3)8-10-6-5-7-10/h10,13H,4-9H2,1-3H3,(H,15,16). The Balaban J connectivity index is 2.43. The molecule has 0 aromatic rings. The molecule has 4 nitrogen and oxygen atoms in total. The predicted octanol–water partition coefficient (Wildman–Crippen LogP) is 1.17. The van der Waals surface area contributed by atoms with Gasteiger partial charge in [0.05, 0.1) is 0 Å². The summed E-state index contributed by atoms with van der Waals surface area (Å²) < 4.78 is 0. The van der Waals surface area contributed by atoms with E-state index >= 15 is 0 Å². The van der Waals surface area contributed by atoms with Gasteiger partial charge in [0, 0.05) is 13.1 Å². The fraction of sp³-hybridized carbons (Fsp3) is 0.917. The van der Waals surface area contributed by atoms with Crippen molar-refractivity contribution in [3.63, 3.8) is 0 Å². The molecular formula is C12H24N2O2. The molecule has 0 heterocycles. The van der Waals surface area contributed by atoms with E-state index in [4.69, 9.17) is 0 Å². The summed E-state index contributed by atoms with van der Waals surface area (Å²) in [6.45, 7) is 5.96. The molecule has 0 spiro atoms. The minimum absolute atomic E-state index is 0.562. The molecule has 16 heavy (non-hydrogen) atoms. The predicted molar refractivity (Wildman–Crippen MR) is 64.6 cm³/mol. The summed E-state index contributed by atoms with van der Waals surface area (Å²) in [5.41, 5.74) is -0.826. The lowest BCUT2D eigenvalue weighted by Crippen LogP contribution is -2.56. The Morgan fingerprint density at radius 1 is 1.56 bits per heavy atom. The van der Waals surface area contributed by atoms with Gasteiger partial charge in [-0.25, -0.2) is 0 Å². The molecule has 0 aromatic heterocycles. The van der Waals surface area contributed by atoms with Crippen molar-refractivity contribution in [3.8, 4) is 0 Å². The van der Waals surface area contributed by atoms with Crippen molar-refractivity contribution >= 4 is 5.97 Å². The third-order valence-electron chi connectivity index (χ3n) is 3.42. The minimum Gasteiger partial charge on any atom is -0.480 e. The molecule has 2 N–H and O–H groups in total. The molecule has 0 radical (unpaired) electrons. The Kier molecular flexibility index (Phi) is 4.74. The zero-order valence-electron chi connectivity index (χ0n) is 10.6. The molecule has 94 valence electrons. The zero-order valence-corrected chi connectivity index (χ0v) is 10.6. The Morgan fingerprint density at radius 2 is 2.19 bits per heavy atom. The Bertz CT molecular complexity index is 241. The van der Waals surface area contributed by atoms with Crippen molar-refractivity contribution in [1.29, 1.82) is 0 Å². The van der Waals surface area contributed by atoms with Gasteiger partial charge in [0.25, 0.3) is 0 Å². The molecule has 0 bridgehead atoms. The number of carboxylic acids is 1. The number of rotatable bonds is 7. The molecule has 1 rings (SSSR count). The third-order valence-corrected chi connectivity index (χ3v) is 3.42. The Morgan fingerprint density at radius 3 is 2.56 bits per heavy atom. The van der Waals surface area contributed by atoms with Gasteiger partial charge in [0.1, 0.15) is 5.54 Å². The van der Waals surface area contributed by atoms with Gasteiger partial charge in [-0.2, -0.15) is 0 Å². The summed E-state index contributed by atoms with van der Waals surface area (Å²) in [6.07, 6.45) is 3.94. The van der Waals surface area contributed by atoms with Crippen molar-refractivity contribution in [3.05, 3.63) is 0 Å². The van der Waals surface area contributed by atoms with Crippen LogP contribution in [0.5, 0.6) is 0 Å². The first-order chi connectivity index (χ1) is 7.48. The summed E-state index contributed by atoms with van der Waals surface area (Å²) in [5.74, 6) is 0.0134. The first-order valence-corrected chi connectivity index (χ1v) is 6.15. The lowest BCUT2D eigenvalue weighted by Gasteiger charge is -2.35. The molecule has 0 saturated heterocycles. The SMILES string of the molecule is CCNC(C)(CN(C)CC1CCC1)C(=O)O. The van der Waals surface area contributed by atoms with Crippen LogP contribution in [-0.4, -0.2) is 48.2 Å². The largest absolute Gasteiger partial charge is 0.480 e. The second-order valence-corrected chi connectivity index (χ2v) is 5.16. The zero-order chi connectivity index (χ0) is 12.2. The van der Waals surface area contributed by atoms with Gasteiger partial charge >= 0.3 is 5.97 Å². The van der Waals surface area contributed by atoms with Gasteiger partial charge in [0.2, 0.25) is 0 Å². The number of likely N-dealkylation sites (N-methyl/N-ethyl adjacent to an activating group) is 2. The lowest BCUT2D eigenvalue weighted by molar-refractivity contribution is -0.145. The lowest BCUT2D eigenvalue weighted by atomic mass is 9.85. The highest BCUT2D eigenvalue weighted by molar-refractivity contribution is 5.78. The van der Waals surface area contributed by atoms with Gasteiger partial charge in [-0.3, -0.25) is 4.79 Å². The highest BCUT2D eigenvalue weighted by Crippen LogP contribution is 2.27. The van der Waals surface area contributed by atoms with E-state index in [0.717, 1.165) is 12.5 Å². The van der Waals surface area contributed by atoms with Gasteiger partial charge in [-0.05, 0) is 39.3 Å². The number of nitrogens with one attached hydrogen (secondary N) is 1. The van der Waals surface area contributed by atoms with Gasteiger partial charge in [-0.15, -0.1) is 0 Å². The van der Waals surface area contributed by atoms with E-state index in [2.05, 4.69) is 10.2 Å². The monoisotopic (exact) mass is 228 g/mol. The summed E-state index contributed by atoms with van der Waals surface area (Å²) in [5, 5.41) is 12.3. The first-order valence-electron chi connectivity index (χ1n) is 6.15. The second-order valence-electron chi connectivity index (χ2n) is 5.16. The minimum atomic E-state index is -0.826. The van der Waals surface area contributed by atoms with Crippen molar-refractivity contribution in [2.45, 2.75) is 38.6 Å². The van der Waals surface area contributed by atoms with E-state index in [0.29, 0.717) is 13.1 Å². The van der Waals surface area contributed by atoms with E-state index in [9.17, 15) is 9.90 Å². The molecule has 1 fully saturated rings. The van der Waals surface area contributed by atoms with Crippen molar-refractivity contribution in [1.82, 2.24) is 10.2 Å². The van der Waals surface area contributed by atoms with E-state index in [1.165, 1.54) is 19.3 Å². The molecule has 1 atom stereocenters. The highest BCUT2D eigenvalue weighted by atomic mass is 16.4. The average molecular weight is 228 g/mol. The smallest absolute Gasteiger partial charge is 0.324 e. The fourth-order valence-corrected chi connectivity index (χ4v) is 2.31. The molecule has 1 unspecified atom stereocenters. The van der Waals surface area contributed by atoms with Crippen LogP contribution in [0.4, 0.5) is 0 Å². The maximum atomic E-state index is 11.2. The van der Waals surface area contributed by atoms with Crippen LogP contribution in [0.25, 0.3) is 0 Å². The van der Waals surface area contributed by atoms with Gasteiger partial charge in [-0.1, -0.05) is 13.3 Å². The van der Waals surface area contributed by atoms with Crippen LogP contribution < -0.4 is 5.32 Å². The maximum absolute atomic E-state index is 11.2. The van der Waals surface area contributed by atoms with E-state index < -0.39 is 11.5 Å². The van der Waals surface area contributed by atoms with Crippen LogP contribution in [0.15, 0.2) is 0 Å². The van der Waals surface area contributed by atoms with Crippen LogP contribution in [0.3, 0.4) is 0 Å². The maximum Gasteiger partial charge on any atom is 0.324 e. The summed E-state index contributed by atoms with van der Waals surface area (Å²) >= 11 is 0. The van der Waals surface area contributed by atoms with E-state index in [1.54, 1.807) is 6.92 Å². The number of carboxylic acid groups (broad SMARTS) is 1. The van der Waals surface area contributed by atoms with Crippen molar-refractivity contribution in [2.75, 3.05) is 26.7 Å². The molecule has 4 heteroatoms. The van der Waals surface area contributed by atoms with E-state index in [1.807, 2.05) is 14.0 Å². The number of nitrogens with zero attached hydrogens (tertiary/aromatic N) is 1. The third kappa shape index (κ3) is 3.46. The summed E-state index contributed by atoms with van der Waals surface area (Å²) in [6, 6.07) is 0. The van der Waals surface area contributed by atoms with Crippen LogP contribution in [0, 0.1) is 5.92 Å². The molecule has 1 aliphatic carbocycles. The normalized spacial score (nSPS) is 20.5. The average Bonchev–Trinajstić information content (AvgIpc) is 2.11. The topological polar surface area (TPSA) is 52.6 Å². The summed E-state index contributed by atoms with van der Waals surface area (Å²) in [7, 11) is 2.01. The molecular weight excluding hydrogens is 204 g/mol. The molecule has 0 amide bonds. The van der Waals surface area contributed by atoms with E-state index in [-0.39, 0.29) is 0 Å². The highest BCUT2D eigenvalue weighted by Gasteiger charge is 2.34. The molecule has 1 saturated carbocycles. The molecule has 1 aliphatic rings. The number of aliphatic carboxylic acids is 1. The number of hydrogen-bond donors (Lipinski definition) is 2. The van der Waals surface area contributed by atoms with Crippen molar-refractivity contribution in [2.24, 2.45) is 5.92 Å². The first kappa shape index (κ1) is 13.5. The van der Waals surface area contributed by atoms with Crippen LogP contribution in [-0.2, 0) is 4.79 Å². The number of carbonyl (C=O) groups is 1. The van der Waals surface area contributed by atoms with Crippen LogP contribution >= 0.6 is 0 Å². The van der Waals surface area contributed by atoms with Crippen molar-refractivity contribution < 1.29 is 9.90 Å². The molecule has 0 aliphatic heterocycles. The van der Waals surface area contributed by atoms with Crippen LogP contribution in [0.1, 0.15) is 33.1 Å². The number of hydrogen-bond acceptors (Lipinski definition) is 3. The molecule has 0 aromatic carbocycles. The summed E-state index contributed by atoms with van der Waals surface area (Å²) in [4.78, 5) is 13.4. The quantitative estimate of drug-likeness (QED) is 0.687. The Hall–Kier alpha value is -0.610. The second kappa shape index (κ2) is 5.64. The van der Waals surface area contributed by atoms with Gasteiger partial charge in [0.15, 0.2) is 0 Å². The fourth-order valence-electron chi connectivity index (χ4n) is 2.31. The Labute approximate surface area is 98.0 Å². The van der Waals surface area contributed by atoms with Gasteiger partial charge < -0.3 is 15.3 Å². The van der Waals surface area contributed by atoms with Crippen LogP contribution in [0.2, 0.25) is 0 Å².